The van der Waals surface area contributed by atoms with Gasteiger partial charge < -0.3 is 10.1 Å². The van der Waals surface area contributed by atoms with E-state index in [4.69, 9.17) is 4.74 Å². The van der Waals surface area contributed by atoms with E-state index >= 15 is 0 Å². The zero-order valence-corrected chi connectivity index (χ0v) is 16.9. The Morgan fingerprint density at radius 2 is 1.60 bits per heavy atom. The molecule has 8 heteroatoms. The summed E-state index contributed by atoms with van der Waals surface area (Å²) >= 11 is 0. The first-order chi connectivity index (χ1) is 14.5. The number of benzene rings is 1. The molecule has 8 nitrogen and oxygen atoms in total. The molecule has 1 saturated heterocycles. The number of rotatable bonds is 5. The minimum Gasteiger partial charge on any atom is -0.455 e. The lowest BCUT2D eigenvalue weighted by Crippen LogP contribution is -2.51. The molecule has 2 aliphatic carbocycles. The van der Waals surface area contributed by atoms with Crippen molar-refractivity contribution in [1.29, 1.82) is 0 Å². The number of carbonyl (C=O) groups is 4. The molecule has 0 atom stereocenters. The summed E-state index contributed by atoms with van der Waals surface area (Å²) in [6.07, 6.45) is 7.05. The van der Waals surface area contributed by atoms with Crippen LogP contribution < -0.4 is 10.7 Å². The molecule has 1 aromatic carbocycles. The average Bonchev–Trinajstić information content (AvgIpc) is 3.34. The predicted octanol–water partition coefficient (Wildman–Crippen LogP) is 2.33. The molecule has 0 bridgehead atoms. The lowest BCUT2D eigenvalue weighted by atomic mass is 9.79. The third-order valence-electron chi connectivity index (χ3n) is 6.61. The molecule has 160 valence electrons. The average molecular weight is 413 g/mol. The molecular weight excluding hydrogens is 386 g/mol. The molecule has 4 rings (SSSR count). The molecule has 0 unspecified atom stereocenters. The second kappa shape index (κ2) is 8.08. The summed E-state index contributed by atoms with van der Waals surface area (Å²) in [5.41, 5.74) is 1.54. The van der Waals surface area contributed by atoms with Gasteiger partial charge in [0.25, 0.3) is 11.8 Å². The van der Waals surface area contributed by atoms with Crippen LogP contribution >= 0.6 is 0 Å². The van der Waals surface area contributed by atoms with Gasteiger partial charge in [0.2, 0.25) is 0 Å². The third-order valence-corrected chi connectivity index (χ3v) is 6.61. The van der Waals surface area contributed by atoms with E-state index in [0.717, 1.165) is 42.7 Å². The van der Waals surface area contributed by atoms with Crippen molar-refractivity contribution >= 4 is 23.8 Å². The number of esters is 1. The second-order valence-electron chi connectivity index (χ2n) is 8.48. The van der Waals surface area contributed by atoms with Crippen molar-refractivity contribution in [2.75, 3.05) is 6.61 Å². The van der Waals surface area contributed by atoms with Crippen LogP contribution in [0.25, 0.3) is 0 Å². The maximum absolute atomic E-state index is 12.9. The second-order valence-corrected chi connectivity index (χ2v) is 8.48. The lowest BCUT2D eigenvalue weighted by Gasteiger charge is -2.30. The Morgan fingerprint density at radius 1 is 0.967 bits per heavy atom. The quantitative estimate of drug-likeness (QED) is 0.569. The van der Waals surface area contributed by atoms with Gasteiger partial charge >= 0.3 is 12.0 Å². The fraction of sp³-hybridized carbons (Fsp3) is 0.545. The van der Waals surface area contributed by atoms with Crippen LogP contribution in [0.1, 0.15) is 63.4 Å². The highest BCUT2D eigenvalue weighted by Crippen LogP contribution is 2.42. The van der Waals surface area contributed by atoms with Crippen LogP contribution in [-0.4, -0.2) is 41.0 Å². The molecule has 4 amide bonds. The predicted molar refractivity (Wildman–Crippen MR) is 107 cm³/mol. The molecule has 2 saturated carbocycles. The molecule has 2 N–H and O–H groups in total. The summed E-state index contributed by atoms with van der Waals surface area (Å²) in [6.45, 7) is -0.544. The van der Waals surface area contributed by atoms with Crippen molar-refractivity contribution in [3.8, 4) is 0 Å². The number of ether oxygens (including phenoxy) is 1. The monoisotopic (exact) mass is 413 g/mol. The van der Waals surface area contributed by atoms with Gasteiger partial charge in [-0.2, -0.15) is 5.01 Å². The SMILES string of the molecule is O=C(COC(=O)C1(c2ccccc2)CCCC1)NN1C(=O)NC2(CCCCC2)C1=O. The first-order valence-corrected chi connectivity index (χ1v) is 10.7. The largest absolute Gasteiger partial charge is 0.455 e. The molecule has 1 aliphatic heterocycles. The van der Waals surface area contributed by atoms with E-state index in [0.29, 0.717) is 25.7 Å². The zero-order valence-electron chi connectivity index (χ0n) is 16.9. The Balaban J connectivity index is 1.37. The van der Waals surface area contributed by atoms with E-state index < -0.39 is 41.4 Å². The number of hydrazine groups is 1. The minimum atomic E-state index is -0.916. The van der Waals surface area contributed by atoms with E-state index in [2.05, 4.69) is 10.7 Å². The Morgan fingerprint density at radius 3 is 2.27 bits per heavy atom. The van der Waals surface area contributed by atoms with Gasteiger partial charge in [-0.05, 0) is 31.2 Å². The molecule has 3 fully saturated rings. The van der Waals surface area contributed by atoms with Crippen molar-refractivity contribution in [3.05, 3.63) is 35.9 Å². The smallest absolute Gasteiger partial charge is 0.344 e. The molecule has 0 radical (unpaired) electrons. The Labute approximate surface area is 175 Å². The number of imide groups is 1. The van der Waals surface area contributed by atoms with Crippen molar-refractivity contribution in [3.63, 3.8) is 0 Å². The van der Waals surface area contributed by atoms with Gasteiger partial charge in [0, 0.05) is 0 Å². The van der Waals surface area contributed by atoms with Crippen molar-refractivity contribution in [2.45, 2.75) is 68.7 Å². The summed E-state index contributed by atoms with van der Waals surface area (Å²) in [4.78, 5) is 50.3. The Hall–Kier alpha value is -2.90. The molecule has 1 aromatic rings. The van der Waals surface area contributed by atoms with Gasteiger partial charge in [0.15, 0.2) is 6.61 Å². The van der Waals surface area contributed by atoms with Gasteiger partial charge in [-0.15, -0.1) is 0 Å². The van der Waals surface area contributed by atoms with E-state index in [1.54, 1.807) is 0 Å². The number of amides is 4. The van der Waals surface area contributed by atoms with Crippen LogP contribution in [-0.2, 0) is 24.5 Å². The summed E-state index contributed by atoms with van der Waals surface area (Å²) in [5, 5.41) is 3.45. The van der Waals surface area contributed by atoms with Crippen molar-refractivity contribution in [2.24, 2.45) is 0 Å². The summed E-state index contributed by atoms with van der Waals surface area (Å²) in [7, 11) is 0. The number of hydrogen-bond donors (Lipinski definition) is 2. The van der Waals surface area contributed by atoms with Gasteiger partial charge in [0.1, 0.15) is 5.54 Å². The van der Waals surface area contributed by atoms with Gasteiger partial charge in [-0.3, -0.25) is 19.8 Å². The Bertz CT molecular complexity index is 842. The molecule has 0 aromatic heterocycles. The summed E-state index contributed by atoms with van der Waals surface area (Å²) < 4.78 is 5.34. The molecule has 3 aliphatic rings. The van der Waals surface area contributed by atoms with Gasteiger partial charge in [0.05, 0.1) is 5.41 Å². The lowest BCUT2D eigenvalue weighted by molar-refractivity contribution is -0.155. The van der Waals surface area contributed by atoms with Crippen molar-refractivity contribution < 1.29 is 23.9 Å². The van der Waals surface area contributed by atoms with E-state index in [1.165, 1.54) is 0 Å². The number of nitrogens with zero attached hydrogens (tertiary/aromatic N) is 1. The third kappa shape index (κ3) is 3.55. The minimum absolute atomic E-state index is 0.441. The first kappa shape index (κ1) is 20.4. The molecular formula is C22H27N3O5. The zero-order chi connectivity index (χ0) is 21.2. The number of urea groups is 1. The van der Waals surface area contributed by atoms with E-state index in [1.807, 2.05) is 30.3 Å². The summed E-state index contributed by atoms with van der Waals surface area (Å²) in [5.74, 6) is -1.59. The fourth-order valence-electron chi connectivity index (χ4n) is 4.99. The van der Waals surface area contributed by atoms with Gasteiger partial charge in [-0.25, -0.2) is 4.79 Å². The number of nitrogens with one attached hydrogen (secondary N) is 2. The summed E-state index contributed by atoms with van der Waals surface area (Å²) in [6, 6.07) is 8.83. The topological polar surface area (TPSA) is 105 Å². The Kier molecular flexibility index (Phi) is 5.49. The van der Waals surface area contributed by atoms with Crippen LogP contribution in [0.4, 0.5) is 4.79 Å². The van der Waals surface area contributed by atoms with Crippen LogP contribution in [0, 0.1) is 0 Å². The highest BCUT2D eigenvalue weighted by atomic mass is 16.5. The van der Waals surface area contributed by atoms with Gasteiger partial charge in [-0.1, -0.05) is 62.4 Å². The van der Waals surface area contributed by atoms with Crippen LogP contribution in [0.3, 0.4) is 0 Å². The standard InChI is InChI=1S/C22H27N3O5/c26-17(24-25-18(27)22(23-20(25)29)13-5-2-6-14-22)15-30-19(28)21(11-7-8-12-21)16-9-3-1-4-10-16/h1,3-4,9-10H,2,5-8,11-15H2,(H,23,29)(H,24,26). The maximum Gasteiger partial charge on any atom is 0.344 e. The number of hydrogen-bond acceptors (Lipinski definition) is 5. The van der Waals surface area contributed by atoms with Crippen LogP contribution in [0.5, 0.6) is 0 Å². The first-order valence-electron chi connectivity index (χ1n) is 10.7. The van der Waals surface area contributed by atoms with Crippen LogP contribution in [0.15, 0.2) is 30.3 Å². The normalized spacial score (nSPS) is 22.1. The van der Waals surface area contributed by atoms with E-state index in [9.17, 15) is 19.2 Å². The maximum atomic E-state index is 12.9. The molecule has 30 heavy (non-hydrogen) atoms. The fourth-order valence-corrected chi connectivity index (χ4v) is 4.99. The van der Waals surface area contributed by atoms with E-state index in [-0.39, 0.29) is 0 Å². The van der Waals surface area contributed by atoms with Crippen molar-refractivity contribution in [1.82, 2.24) is 15.8 Å². The highest BCUT2D eigenvalue weighted by molar-refractivity contribution is 6.08. The molecule has 1 heterocycles. The van der Waals surface area contributed by atoms with Crippen LogP contribution in [0.2, 0.25) is 0 Å². The molecule has 1 spiro atoms. The number of carbonyl (C=O) groups excluding carboxylic acids is 4. The highest BCUT2D eigenvalue weighted by Gasteiger charge is 2.52.